The number of carbonyl (C=O) groups excluding carboxylic acids is 1. The molecular weight excluding hydrogens is 460 g/mol. The van der Waals surface area contributed by atoms with Gasteiger partial charge in [0.05, 0.1) is 16.8 Å². The van der Waals surface area contributed by atoms with Gasteiger partial charge in [-0.25, -0.2) is 13.4 Å². The molecule has 33 heavy (non-hydrogen) atoms. The van der Waals surface area contributed by atoms with Crippen molar-refractivity contribution in [2.24, 2.45) is 7.05 Å². The second kappa shape index (κ2) is 10.6. The number of nitrogens with zero attached hydrogens (tertiary/aromatic N) is 4. The molecule has 4 rings (SSSR count). The number of carbonyl (C=O) groups is 1. The highest BCUT2D eigenvalue weighted by Gasteiger charge is 2.24. The predicted octanol–water partition coefficient (Wildman–Crippen LogP) is 3.78. The largest absolute Gasteiger partial charge is 0.459 e. The number of hydrogen-bond donors (Lipinski definition) is 0. The summed E-state index contributed by atoms with van der Waals surface area (Å²) in [4.78, 5) is 17.0. The van der Waals surface area contributed by atoms with E-state index >= 15 is 0 Å². The Morgan fingerprint density at radius 1 is 1.12 bits per heavy atom. The van der Waals surface area contributed by atoms with Crippen LogP contribution in [0, 0.1) is 0 Å². The van der Waals surface area contributed by atoms with Gasteiger partial charge in [0.1, 0.15) is 11.6 Å². The van der Waals surface area contributed by atoms with Gasteiger partial charge in [0.15, 0.2) is 0 Å². The molecule has 176 valence electrons. The van der Waals surface area contributed by atoms with Gasteiger partial charge in [-0.3, -0.25) is 9.48 Å². The first kappa shape index (κ1) is 23.6. The maximum absolute atomic E-state index is 12.9. The monoisotopic (exact) mass is 488 g/mol. The summed E-state index contributed by atoms with van der Waals surface area (Å²) < 4.78 is 34.4. The summed E-state index contributed by atoms with van der Waals surface area (Å²) in [5.41, 5.74) is 2.53. The molecule has 0 unspecified atom stereocenters. The lowest BCUT2D eigenvalue weighted by Gasteiger charge is -2.20. The van der Waals surface area contributed by atoms with Crippen molar-refractivity contribution < 1.29 is 17.9 Å². The lowest BCUT2D eigenvalue weighted by molar-refractivity contribution is -0.145. The van der Waals surface area contributed by atoms with E-state index in [2.05, 4.69) is 10.1 Å². The molecule has 2 aromatic heterocycles. The minimum Gasteiger partial charge on any atom is -0.459 e. The van der Waals surface area contributed by atoms with Gasteiger partial charge in [0.2, 0.25) is 10.0 Å². The summed E-state index contributed by atoms with van der Waals surface area (Å²) in [6.07, 6.45) is 8.32. The lowest BCUT2D eigenvalue weighted by Crippen LogP contribution is -2.31. The van der Waals surface area contributed by atoms with Crippen LogP contribution < -0.4 is 0 Å². The summed E-state index contributed by atoms with van der Waals surface area (Å²) in [5, 5.41) is 6.85. The Balaban J connectivity index is 1.26. The first-order valence-corrected chi connectivity index (χ1v) is 13.4. The Labute approximate surface area is 198 Å². The normalized spacial score (nSPS) is 15.3. The molecule has 0 amide bonds. The van der Waals surface area contributed by atoms with E-state index in [1.165, 1.54) is 11.3 Å². The van der Waals surface area contributed by atoms with Gasteiger partial charge in [-0.15, -0.1) is 11.3 Å². The number of benzene rings is 1. The third-order valence-corrected chi connectivity index (χ3v) is 8.48. The molecule has 10 heteroatoms. The molecule has 0 bridgehead atoms. The van der Waals surface area contributed by atoms with Crippen molar-refractivity contribution in [2.45, 2.75) is 50.0 Å². The molecule has 3 aromatic rings. The number of thiazole rings is 1. The van der Waals surface area contributed by atoms with E-state index in [0.717, 1.165) is 41.8 Å². The van der Waals surface area contributed by atoms with Gasteiger partial charge in [-0.05, 0) is 37.0 Å². The fourth-order valence-corrected chi connectivity index (χ4v) is 6.07. The number of aromatic nitrogens is 3. The van der Waals surface area contributed by atoms with Crippen LogP contribution in [0.15, 0.2) is 46.9 Å². The van der Waals surface area contributed by atoms with Crippen molar-refractivity contribution in [3.8, 4) is 10.6 Å². The molecule has 3 heterocycles. The Bertz CT molecular complexity index is 1180. The number of aryl methyl sites for hydroxylation is 2. The summed E-state index contributed by atoms with van der Waals surface area (Å²) in [7, 11) is -1.61. The Morgan fingerprint density at radius 3 is 2.52 bits per heavy atom. The van der Waals surface area contributed by atoms with Crippen LogP contribution in [0.2, 0.25) is 0 Å². The van der Waals surface area contributed by atoms with Gasteiger partial charge in [0.25, 0.3) is 0 Å². The molecule has 8 nitrogen and oxygen atoms in total. The molecule has 0 atom stereocenters. The zero-order valence-electron chi connectivity index (χ0n) is 18.6. The molecule has 0 saturated carbocycles. The van der Waals surface area contributed by atoms with Crippen LogP contribution >= 0.6 is 11.3 Å². The molecule has 0 radical (unpaired) electrons. The smallest absolute Gasteiger partial charge is 0.306 e. The van der Waals surface area contributed by atoms with Gasteiger partial charge >= 0.3 is 5.97 Å². The molecule has 0 spiro atoms. The van der Waals surface area contributed by atoms with Crippen molar-refractivity contribution in [3.05, 3.63) is 53.3 Å². The second-order valence-electron chi connectivity index (χ2n) is 8.17. The first-order chi connectivity index (χ1) is 15.9. The zero-order chi connectivity index (χ0) is 23.3. The standard InChI is InChI=1S/C23H28N4O4S2/c1-26-15-19(14-24-26)23-25-20(17-32-23)16-31-22(28)11-8-18-6-9-21(10-7-18)33(29,30)27-12-4-2-3-5-13-27/h6-7,9-10,14-15,17H,2-5,8,11-13,16H2,1H3. The van der Waals surface area contributed by atoms with Crippen LogP contribution in [0.4, 0.5) is 0 Å². The van der Waals surface area contributed by atoms with E-state index in [1.807, 2.05) is 18.6 Å². The highest BCUT2D eigenvalue weighted by molar-refractivity contribution is 7.89. The van der Waals surface area contributed by atoms with E-state index in [1.54, 1.807) is 39.4 Å². The highest BCUT2D eigenvalue weighted by atomic mass is 32.2. The van der Waals surface area contributed by atoms with Gasteiger partial charge in [0, 0.05) is 43.7 Å². The van der Waals surface area contributed by atoms with Crippen LogP contribution in [-0.2, 0) is 39.6 Å². The fourth-order valence-electron chi connectivity index (χ4n) is 3.77. The Hall–Kier alpha value is -2.56. The lowest BCUT2D eigenvalue weighted by atomic mass is 10.1. The summed E-state index contributed by atoms with van der Waals surface area (Å²) in [6, 6.07) is 6.82. The number of sulfonamides is 1. The van der Waals surface area contributed by atoms with E-state index in [9.17, 15) is 13.2 Å². The Morgan fingerprint density at radius 2 is 1.85 bits per heavy atom. The van der Waals surface area contributed by atoms with E-state index < -0.39 is 10.0 Å². The third-order valence-electron chi connectivity index (χ3n) is 5.63. The molecule has 1 aromatic carbocycles. The Kier molecular flexibility index (Phi) is 7.56. The maximum Gasteiger partial charge on any atom is 0.306 e. The SMILES string of the molecule is Cn1cc(-c2nc(COC(=O)CCc3ccc(S(=O)(=O)N4CCCCCC4)cc3)cs2)cn1. The third kappa shape index (κ3) is 6.07. The van der Waals surface area contributed by atoms with Crippen molar-refractivity contribution >= 4 is 27.3 Å². The van der Waals surface area contributed by atoms with Crippen molar-refractivity contribution in [2.75, 3.05) is 13.1 Å². The minimum atomic E-state index is -3.46. The van der Waals surface area contributed by atoms with E-state index in [0.29, 0.717) is 30.1 Å². The van der Waals surface area contributed by atoms with Gasteiger partial charge < -0.3 is 4.74 Å². The number of hydrogen-bond acceptors (Lipinski definition) is 7. The van der Waals surface area contributed by atoms with E-state index in [4.69, 9.17) is 4.74 Å². The quantitative estimate of drug-likeness (QED) is 0.448. The van der Waals surface area contributed by atoms with Crippen LogP contribution in [0.5, 0.6) is 0 Å². The summed E-state index contributed by atoms with van der Waals surface area (Å²) >= 11 is 1.48. The topological polar surface area (TPSA) is 94.4 Å². The fraction of sp³-hybridized carbons (Fsp3) is 0.435. The van der Waals surface area contributed by atoms with Gasteiger partial charge in [-0.2, -0.15) is 9.40 Å². The average molecular weight is 489 g/mol. The summed E-state index contributed by atoms with van der Waals surface area (Å²) in [6.45, 7) is 1.29. The number of esters is 1. The van der Waals surface area contributed by atoms with Gasteiger partial charge in [-0.1, -0.05) is 25.0 Å². The summed E-state index contributed by atoms with van der Waals surface area (Å²) in [5.74, 6) is -0.313. The van der Waals surface area contributed by atoms with Crippen LogP contribution in [0.1, 0.15) is 43.4 Å². The zero-order valence-corrected chi connectivity index (χ0v) is 20.3. The molecular formula is C23H28N4O4S2. The highest BCUT2D eigenvalue weighted by Crippen LogP contribution is 2.24. The molecule has 0 aliphatic carbocycles. The first-order valence-electron chi connectivity index (χ1n) is 11.1. The molecule has 1 aliphatic heterocycles. The predicted molar refractivity (Wildman–Crippen MR) is 126 cm³/mol. The van der Waals surface area contributed by atoms with E-state index in [-0.39, 0.29) is 19.0 Å². The van der Waals surface area contributed by atoms with Crippen LogP contribution in [0.25, 0.3) is 10.6 Å². The molecule has 0 N–H and O–H groups in total. The second-order valence-corrected chi connectivity index (χ2v) is 11.0. The van der Waals surface area contributed by atoms with Crippen LogP contribution in [-0.4, -0.2) is 46.5 Å². The van der Waals surface area contributed by atoms with Crippen molar-refractivity contribution in [1.29, 1.82) is 0 Å². The maximum atomic E-state index is 12.9. The molecule has 1 fully saturated rings. The number of ether oxygens (including phenoxy) is 1. The number of rotatable bonds is 8. The minimum absolute atomic E-state index is 0.128. The molecule has 1 saturated heterocycles. The molecule has 1 aliphatic rings. The van der Waals surface area contributed by atoms with Crippen molar-refractivity contribution in [1.82, 2.24) is 19.1 Å². The van der Waals surface area contributed by atoms with Crippen molar-refractivity contribution in [3.63, 3.8) is 0 Å². The van der Waals surface area contributed by atoms with Crippen LogP contribution in [0.3, 0.4) is 0 Å². The average Bonchev–Trinajstić information content (AvgIpc) is 3.36.